The molecular weight excluding hydrogens is 414 g/mol. The van der Waals surface area contributed by atoms with Crippen LogP contribution in [-0.2, 0) is 35.9 Å². The summed E-state index contributed by atoms with van der Waals surface area (Å²) < 4.78 is 28.6. The minimum atomic E-state index is -4.10. The fourth-order valence-corrected chi connectivity index (χ4v) is 6.08. The summed E-state index contributed by atoms with van der Waals surface area (Å²) in [4.78, 5) is 15.0. The first kappa shape index (κ1) is 20.5. The Morgan fingerprint density at radius 3 is 2.35 bits per heavy atom. The van der Waals surface area contributed by atoms with E-state index >= 15 is 0 Å². The van der Waals surface area contributed by atoms with Crippen molar-refractivity contribution >= 4 is 21.9 Å². The van der Waals surface area contributed by atoms with Gasteiger partial charge in [-0.2, -0.15) is 13.5 Å². The van der Waals surface area contributed by atoms with Gasteiger partial charge in [0.05, 0.1) is 6.20 Å². The van der Waals surface area contributed by atoms with Gasteiger partial charge in [0, 0.05) is 11.9 Å². The average molecular weight is 444 g/mol. The van der Waals surface area contributed by atoms with Crippen LogP contribution in [0.5, 0.6) is 0 Å². The molecule has 0 radical (unpaired) electrons. The second kappa shape index (κ2) is 7.94. The summed E-state index contributed by atoms with van der Waals surface area (Å²) in [5, 5.41) is 6.90. The van der Waals surface area contributed by atoms with Gasteiger partial charge >= 0.3 is 16.2 Å². The maximum absolute atomic E-state index is 12.8. The summed E-state index contributed by atoms with van der Waals surface area (Å²) in [6.07, 6.45) is 11.1. The molecule has 3 aliphatic rings. The normalized spacial score (nSPS) is 19.3. The van der Waals surface area contributed by atoms with E-state index in [1.165, 1.54) is 17.3 Å². The summed E-state index contributed by atoms with van der Waals surface area (Å²) >= 11 is 0. The van der Waals surface area contributed by atoms with E-state index in [4.69, 9.17) is 0 Å². The monoisotopic (exact) mass is 443 g/mol. The number of hydrogen-bond donors (Lipinski definition) is 2. The highest BCUT2D eigenvalue weighted by atomic mass is 32.2. The highest BCUT2D eigenvalue weighted by Gasteiger charge is 2.27. The third kappa shape index (κ3) is 3.96. The zero-order valence-electron chi connectivity index (χ0n) is 17.9. The number of anilines is 1. The first-order valence-corrected chi connectivity index (χ1v) is 12.6. The minimum Gasteiger partial charge on any atom is -0.307 e. The van der Waals surface area contributed by atoms with Gasteiger partial charge in [-0.05, 0) is 105 Å². The van der Waals surface area contributed by atoms with Gasteiger partial charge in [0.25, 0.3) is 0 Å². The van der Waals surface area contributed by atoms with Crippen molar-refractivity contribution in [1.82, 2.24) is 18.8 Å². The predicted octanol–water partition coefficient (Wildman–Crippen LogP) is 2.58. The van der Waals surface area contributed by atoms with Gasteiger partial charge in [-0.25, -0.2) is 9.52 Å². The lowest BCUT2D eigenvalue weighted by Crippen LogP contribution is -2.38. The van der Waals surface area contributed by atoms with E-state index in [0.29, 0.717) is 5.92 Å². The number of likely N-dealkylation sites (tertiary alicyclic amines) is 1. The molecule has 1 fully saturated rings. The largest absolute Gasteiger partial charge is 0.346 e. The number of urea groups is 1. The summed E-state index contributed by atoms with van der Waals surface area (Å²) in [6, 6.07) is 1.55. The number of aromatic nitrogens is 2. The van der Waals surface area contributed by atoms with E-state index in [2.05, 4.69) is 33.2 Å². The van der Waals surface area contributed by atoms with E-state index in [0.717, 1.165) is 90.9 Å². The maximum Gasteiger partial charge on any atom is 0.346 e. The Balaban J connectivity index is 1.31. The van der Waals surface area contributed by atoms with E-state index in [1.54, 1.807) is 6.20 Å². The molecule has 2 amide bonds. The van der Waals surface area contributed by atoms with E-state index < -0.39 is 16.2 Å². The lowest BCUT2D eigenvalue weighted by atomic mass is 9.92. The van der Waals surface area contributed by atoms with Crippen LogP contribution in [-0.4, -0.2) is 48.7 Å². The standard InChI is InChI=1S/C22H29N5O3S/c1-26-10-8-15(9-11-26)18-13-23-27(14-18)31(29,30)25-22(28)24-21-19-6-2-4-16(19)12-17-5-3-7-20(17)21/h12-15H,2-11H2,1H3,(H2,24,25,28). The van der Waals surface area contributed by atoms with Gasteiger partial charge in [0.15, 0.2) is 0 Å². The van der Waals surface area contributed by atoms with Gasteiger partial charge < -0.3 is 10.2 Å². The maximum atomic E-state index is 12.8. The molecule has 2 N–H and O–H groups in total. The minimum absolute atomic E-state index is 0.295. The first-order chi connectivity index (χ1) is 14.9. The Morgan fingerprint density at radius 2 is 1.71 bits per heavy atom. The number of carbonyl (C=O) groups excluding carboxylic acids is 1. The number of nitrogens with zero attached hydrogens (tertiary/aromatic N) is 3. The van der Waals surface area contributed by atoms with Crippen molar-refractivity contribution in [3.05, 3.63) is 46.3 Å². The number of piperidine rings is 1. The third-order valence-electron chi connectivity index (χ3n) is 6.95. The molecule has 5 rings (SSSR count). The lowest BCUT2D eigenvalue weighted by Gasteiger charge is -2.28. The molecule has 2 aromatic rings. The van der Waals surface area contributed by atoms with Crippen LogP contribution in [0.25, 0.3) is 0 Å². The third-order valence-corrected chi connectivity index (χ3v) is 8.09. The molecule has 1 saturated heterocycles. The highest BCUT2D eigenvalue weighted by molar-refractivity contribution is 7.88. The van der Waals surface area contributed by atoms with Crippen molar-refractivity contribution in [1.29, 1.82) is 0 Å². The summed E-state index contributed by atoms with van der Waals surface area (Å²) in [7, 11) is -2.02. The van der Waals surface area contributed by atoms with E-state index in [1.807, 2.05) is 0 Å². The van der Waals surface area contributed by atoms with Crippen molar-refractivity contribution < 1.29 is 13.2 Å². The number of rotatable bonds is 4. The van der Waals surface area contributed by atoms with Crippen LogP contribution in [0, 0.1) is 0 Å². The van der Waals surface area contributed by atoms with Gasteiger partial charge in [-0.3, -0.25) is 0 Å². The van der Waals surface area contributed by atoms with Gasteiger partial charge in [0.1, 0.15) is 0 Å². The van der Waals surface area contributed by atoms with E-state index in [9.17, 15) is 13.2 Å². The topological polar surface area (TPSA) is 96.3 Å². The second-order valence-corrected chi connectivity index (χ2v) is 10.5. The molecule has 0 saturated carbocycles. The average Bonchev–Trinajstić information content (AvgIpc) is 3.48. The number of carbonyl (C=O) groups is 1. The molecule has 9 heteroatoms. The molecule has 2 heterocycles. The Hall–Kier alpha value is -2.39. The van der Waals surface area contributed by atoms with Crippen LogP contribution in [0.15, 0.2) is 18.5 Å². The van der Waals surface area contributed by atoms with Crippen LogP contribution < -0.4 is 10.0 Å². The smallest absolute Gasteiger partial charge is 0.307 e. The van der Waals surface area contributed by atoms with E-state index in [-0.39, 0.29) is 0 Å². The second-order valence-electron chi connectivity index (χ2n) is 9.02. The van der Waals surface area contributed by atoms with Crippen LogP contribution in [0.2, 0.25) is 0 Å². The SMILES string of the molecule is CN1CCC(c2cnn(S(=O)(=O)NC(=O)Nc3c4c(cc5c3CCC5)CCC4)c2)CC1. The molecule has 1 aromatic carbocycles. The van der Waals surface area contributed by atoms with Crippen molar-refractivity contribution in [3.63, 3.8) is 0 Å². The Labute approximate surface area is 183 Å². The molecule has 2 aliphatic carbocycles. The van der Waals surface area contributed by atoms with Crippen molar-refractivity contribution in [2.75, 3.05) is 25.5 Å². The molecule has 0 spiro atoms. The van der Waals surface area contributed by atoms with Crippen molar-refractivity contribution in [2.45, 2.75) is 57.3 Å². The van der Waals surface area contributed by atoms with Crippen LogP contribution in [0.1, 0.15) is 59.4 Å². The number of benzene rings is 1. The Morgan fingerprint density at radius 1 is 1.06 bits per heavy atom. The molecule has 1 aromatic heterocycles. The number of aryl methyl sites for hydroxylation is 2. The molecule has 0 bridgehead atoms. The molecule has 31 heavy (non-hydrogen) atoms. The molecular formula is C22H29N5O3S. The van der Waals surface area contributed by atoms with Crippen molar-refractivity contribution in [2.24, 2.45) is 0 Å². The van der Waals surface area contributed by atoms with Gasteiger partial charge in [0.2, 0.25) is 0 Å². The highest BCUT2D eigenvalue weighted by Crippen LogP contribution is 2.38. The summed E-state index contributed by atoms with van der Waals surface area (Å²) in [6.45, 7) is 1.96. The molecule has 0 unspecified atom stereocenters. The number of hydrogen-bond acceptors (Lipinski definition) is 5. The Kier molecular flexibility index (Phi) is 5.26. The number of fused-ring (bicyclic) bond motifs is 2. The Bertz CT molecular complexity index is 1080. The van der Waals surface area contributed by atoms with Crippen LogP contribution in [0.3, 0.4) is 0 Å². The summed E-state index contributed by atoms with van der Waals surface area (Å²) in [5.41, 5.74) is 6.62. The fraction of sp³-hybridized carbons (Fsp3) is 0.545. The molecule has 8 nitrogen and oxygen atoms in total. The van der Waals surface area contributed by atoms with Crippen LogP contribution in [0.4, 0.5) is 10.5 Å². The molecule has 166 valence electrons. The zero-order valence-corrected chi connectivity index (χ0v) is 18.7. The first-order valence-electron chi connectivity index (χ1n) is 11.1. The number of amides is 2. The quantitative estimate of drug-likeness (QED) is 0.757. The van der Waals surface area contributed by atoms with Gasteiger partial charge in [-0.1, -0.05) is 6.07 Å². The predicted molar refractivity (Wildman–Crippen MR) is 119 cm³/mol. The molecule has 0 atom stereocenters. The lowest BCUT2D eigenvalue weighted by molar-refractivity contribution is 0.255. The summed E-state index contributed by atoms with van der Waals surface area (Å²) in [5.74, 6) is 0.295. The number of nitrogens with one attached hydrogen (secondary N) is 2. The fourth-order valence-electron chi connectivity index (χ4n) is 5.27. The molecule has 1 aliphatic heterocycles. The van der Waals surface area contributed by atoms with Gasteiger partial charge in [-0.15, -0.1) is 4.09 Å². The van der Waals surface area contributed by atoms with Crippen LogP contribution >= 0.6 is 0 Å². The zero-order chi connectivity index (χ0) is 21.6. The van der Waals surface area contributed by atoms with Crippen molar-refractivity contribution in [3.8, 4) is 0 Å².